The highest BCUT2D eigenvalue weighted by molar-refractivity contribution is 5.90. The summed E-state index contributed by atoms with van der Waals surface area (Å²) in [5, 5.41) is 7.13. The number of hydrogen-bond acceptors (Lipinski definition) is 6. The molecule has 0 aromatic heterocycles. The Bertz CT molecular complexity index is 687. The number of amides is 4. The Balaban J connectivity index is 2.44. The van der Waals surface area contributed by atoms with Gasteiger partial charge in [-0.1, -0.05) is 30.3 Å². The van der Waals surface area contributed by atoms with Crippen molar-refractivity contribution in [2.24, 2.45) is 5.84 Å². The van der Waals surface area contributed by atoms with Crippen LogP contribution >= 0.6 is 0 Å². The number of rotatable bonds is 8. The normalized spacial score (nSPS) is 11.7. The Morgan fingerprint density at radius 2 is 1.61 bits per heavy atom. The third-order valence-corrected chi connectivity index (χ3v) is 3.31. The third-order valence-electron chi connectivity index (χ3n) is 3.31. The standard InChI is InChI=1S/C18H27N5O5/c1-18(2,3)28-17(27)21-10-14(24)20-11-15(25)22-13(16(26)23-19)9-12-7-5-4-6-8-12/h4-8,13H,9-11,19H2,1-3H3,(H,20,24)(H,21,27)(H,22,25)(H,23,26)/t13-/m0/s1. The van der Waals surface area contributed by atoms with Crippen LogP contribution in [0.5, 0.6) is 0 Å². The molecule has 0 aliphatic rings. The van der Waals surface area contributed by atoms with E-state index < -0.39 is 35.5 Å². The summed E-state index contributed by atoms with van der Waals surface area (Å²) in [5.41, 5.74) is 2.16. The summed E-state index contributed by atoms with van der Waals surface area (Å²) in [4.78, 5) is 47.1. The molecule has 0 bridgehead atoms. The van der Waals surface area contributed by atoms with Crippen molar-refractivity contribution in [1.29, 1.82) is 0 Å². The lowest BCUT2D eigenvalue weighted by atomic mass is 10.1. The fourth-order valence-electron chi connectivity index (χ4n) is 2.11. The number of nitrogens with two attached hydrogens (primary N) is 1. The molecule has 0 fully saturated rings. The van der Waals surface area contributed by atoms with Gasteiger partial charge in [0.2, 0.25) is 11.8 Å². The van der Waals surface area contributed by atoms with E-state index in [1.165, 1.54) is 0 Å². The van der Waals surface area contributed by atoms with E-state index in [9.17, 15) is 19.2 Å². The first-order valence-electron chi connectivity index (χ1n) is 8.68. The molecule has 28 heavy (non-hydrogen) atoms. The highest BCUT2D eigenvalue weighted by Crippen LogP contribution is 2.06. The van der Waals surface area contributed by atoms with Gasteiger partial charge in [0.05, 0.1) is 6.54 Å². The van der Waals surface area contributed by atoms with Crippen LogP contribution in [0.3, 0.4) is 0 Å². The van der Waals surface area contributed by atoms with Crippen LogP contribution in [0.1, 0.15) is 26.3 Å². The fraction of sp³-hybridized carbons (Fsp3) is 0.444. The number of carbonyl (C=O) groups excluding carboxylic acids is 4. The summed E-state index contributed by atoms with van der Waals surface area (Å²) in [6.07, 6.45) is -0.501. The molecule has 10 nitrogen and oxygen atoms in total. The number of hydrazine groups is 1. The van der Waals surface area contributed by atoms with Gasteiger partial charge in [-0.15, -0.1) is 0 Å². The number of hydrogen-bond donors (Lipinski definition) is 5. The van der Waals surface area contributed by atoms with Crippen molar-refractivity contribution >= 4 is 23.8 Å². The molecule has 1 aromatic carbocycles. The molecule has 10 heteroatoms. The SMILES string of the molecule is CC(C)(C)OC(=O)NCC(=O)NCC(=O)N[C@@H](Cc1ccccc1)C(=O)NN. The van der Waals surface area contributed by atoms with Crippen LogP contribution in [0.2, 0.25) is 0 Å². The molecule has 0 spiro atoms. The van der Waals surface area contributed by atoms with Crippen molar-refractivity contribution in [2.45, 2.75) is 38.8 Å². The van der Waals surface area contributed by atoms with Gasteiger partial charge in [0.25, 0.3) is 5.91 Å². The summed E-state index contributed by atoms with van der Waals surface area (Å²) in [5.74, 6) is 3.45. The molecule has 0 aliphatic heterocycles. The van der Waals surface area contributed by atoms with Gasteiger partial charge < -0.3 is 20.7 Å². The van der Waals surface area contributed by atoms with E-state index in [1.807, 2.05) is 35.8 Å². The first-order valence-corrected chi connectivity index (χ1v) is 8.68. The molecule has 4 amide bonds. The van der Waals surface area contributed by atoms with Crippen molar-refractivity contribution < 1.29 is 23.9 Å². The zero-order chi connectivity index (χ0) is 21.2. The Hall–Kier alpha value is -3.14. The van der Waals surface area contributed by atoms with E-state index in [0.717, 1.165) is 5.56 Å². The van der Waals surface area contributed by atoms with Crippen LogP contribution in [0.15, 0.2) is 30.3 Å². The maximum absolute atomic E-state index is 12.0. The van der Waals surface area contributed by atoms with Gasteiger partial charge in [0.1, 0.15) is 18.2 Å². The van der Waals surface area contributed by atoms with Gasteiger partial charge in [-0.25, -0.2) is 10.6 Å². The van der Waals surface area contributed by atoms with Crippen LogP contribution in [0.4, 0.5) is 4.79 Å². The van der Waals surface area contributed by atoms with Crippen LogP contribution in [-0.2, 0) is 25.5 Å². The fourth-order valence-corrected chi connectivity index (χ4v) is 2.11. The summed E-state index contributed by atoms with van der Waals surface area (Å²) in [6, 6.07) is 8.19. The topological polar surface area (TPSA) is 152 Å². The second kappa shape index (κ2) is 10.9. The Morgan fingerprint density at radius 3 is 2.18 bits per heavy atom. The molecule has 0 radical (unpaired) electrons. The lowest BCUT2D eigenvalue weighted by Crippen LogP contribution is -2.52. The van der Waals surface area contributed by atoms with E-state index in [-0.39, 0.29) is 19.5 Å². The molecule has 1 atom stereocenters. The zero-order valence-electron chi connectivity index (χ0n) is 16.2. The lowest BCUT2D eigenvalue weighted by molar-refractivity contribution is -0.129. The van der Waals surface area contributed by atoms with Crippen molar-refractivity contribution in [3.05, 3.63) is 35.9 Å². The Kier molecular flexibility index (Phi) is 8.89. The maximum atomic E-state index is 12.0. The van der Waals surface area contributed by atoms with E-state index in [4.69, 9.17) is 10.6 Å². The van der Waals surface area contributed by atoms with Crippen molar-refractivity contribution in [3.8, 4) is 0 Å². The molecule has 0 aliphatic carbocycles. The number of benzene rings is 1. The molecule has 0 unspecified atom stereocenters. The molecular formula is C18H27N5O5. The van der Waals surface area contributed by atoms with Crippen LogP contribution in [0, 0.1) is 0 Å². The second-order valence-electron chi connectivity index (χ2n) is 6.95. The summed E-state index contributed by atoms with van der Waals surface area (Å²) in [7, 11) is 0. The molecule has 154 valence electrons. The van der Waals surface area contributed by atoms with Gasteiger partial charge in [-0.3, -0.25) is 19.8 Å². The minimum atomic E-state index is -0.892. The van der Waals surface area contributed by atoms with Gasteiger partial charge >= 0.3 is 6.09 Å². The van der Waals surface area contributed by atoms with Gasteiger partial charge in [-0.05, 0) is 26.3 Å². The summed E-state index contributed by atoms with van der Waals surface area (Å²) in [6.45, 7) is 4.37. The van der Waals surface area contributed by atoms with Gasteiger partial charge in [0.15, 0.2) is 0 Å². The smallest absolute Gasteiger partial charge is 0.408 e. The molecule has 0 saturated heterocycles. The number of carbonyl (C=O) groups is 4. The lowest BCUT2D eigenvalue weighted by Gasteiger charge is -2.19. The Labute approximate surface area is 163 Å². The maximum Gasteiger partial charge on any atom is 0.408 e. The number of alkyl carbamates (subject to hydrolysis) is 1. The highest BCUT2D eigenvalue weighted by Gasteiger charge is 2.21. The zero-order valence-corrected chi connectivity index (χ0v) is 16.2. The first kappa shape index (κ1) is 22.9. The highest BCUT2D eigenvalue weighted by atomic mass is 16.6. The van der Waals surface area contributed by atoms with E-state index in [0.29, 0.717) is 0 Å². The predicted octanol–water partition coefficient (Wildman–Crippen LogP) is -0.655. The molecule has 1 rings (SSSR count). The molecule has 0 heterocycles. The average molecular weight is 393 g/mol. The number of nitrogens with one attached hydrogen (secondary N) is 4. The summed E-state index contributed by atoms with van der Waals surface area (Å²) < 4.78 is 5.00. The quantitative estimate of drug-likeness (QED) is 0.225. The molecule has 0 saturated carbocycles. The van der Waals surface area contributed by atoms with E-state index >= 15 is 0 Å². The van der Waals surface area contributed by atoms with Gasteiger partial charge in [-0.2, -0.15) is 0 Å². The average Bonchev–Trinajstić information content (AvgIpc) is 2.63. The van der Waals surface area contributed by atoms with Gasteiger partial charge in [0, 0.05) is 6.42 Å². The van der Waals surface area contributed by atoms with Crippen LogP contribution < -0.4 is 27.2 Å². The molecule has 6 N–H and O–H groups in total. The molecule has 1 aromatic rings. The van der Waals surface area contributed by atoms with Crippen LogP contribution in [-0.4, -0.2) is 48.5 Å². The minimum Gasteiger partial charge on any atom is -0.444 e. The minimum absolute atomic E-state index is 0.240. The van der Waals surface area contributed by atoms with Crippen molar-refractivity contribution in [1.82, 2.24) is 21.4 Å². The van der Waals surface area contributed by atoms with E-state index in [1.54, 1.807) is 20.8 Å². The monoisotopic (exact) mass is 393 g/mol. The largest absolute Gasteiger partial charge is 0.444 e. The number of ether oxygens (including phenoxy) is 1. The van der Waals surface area contributed by atoms with Crippen molar-refractivity contribution in [2.75, 3.05) is 13.1 Å². The molecular weight excluding hydrogens is 366 g/mol. The van der Waals surface area contributed by atoms with Crippen molar-refractivity contribution in [3.63, 3.8) is 0 Å². The first-order chi connectivity index (χ1) is 13.1. The van der Waals surface area contributed by atoms with E-state index in [2.05, 4.69) is 16.0 Å². The predicted molar refractivity (Wildman–Crippen MR) is 102 cm³/mol. The second-order valence-corrected chi connectivity index (χ2v) is 6.95. The third kappa shape index (κ3) is 9.53. The Morgan fingerprint density at radius 1 is 1.00 bits per heavy atom. The summed E-state index contributed by atoms with van der Waals surface area (Å²) >= 11 is 0. The van der Waals surface area contributed by atoms with Crippen LogP contribution in [0.25, 0.3) is 0 Å².